The van der Waals surface area contributed by atoms with E-state index in [0.29, 0.717) is 6.54 Å². The number of hydrogen-bond acceptors (Lipinski definition) is 3. The van der Waals surface area contributed by atoms with Crippen LogP contribution in [-0.4, -0.2) is 11.2 Å². The number of rotatable bonds is 3. The second-order valence-electron chi connectivity index (χ2n) is 2.76. The van der Waals surface area contributed by atoms with Gasteiger partial charge in [-0.1, -0.05) is 0 Å². The van der Waals surface area contributed by atoms with Gasteiger partial charge in [-0.25, -0.2) is 0 Å². The molecule has 68 valence electrons. The summed E-state index contributed by atoms with van der Waals surface area (Å²) in [7, 11) is 0. The number of allylic oxidation sites excluding steroid dienone is 2. The molecule has 2 N–H and O–H groups in total. The number of pyridine rings is 1. The van der Waals surface area contributed by atoms with Crippen molar-refractivity contribution in [1.29, 1.82) is 0 Å². The molecule has 0 bridgehead atoms. The largest absolute Gasteiger partial charge is 0.402 e. The summed E-state index contributed by atoms with van der Waals surface area (Å²) < 4.78 is 0. The van der Waals surface area contributed by atoms with Crippen molar-refractivity contribution >= 4 is 6.21 Å². The molecule has 3 heteroatoms. The fourth-order valence-electron chi connectivity index (χ4n) is 0.817. The Morgan fingerprint density at radius 2 is 2.23 bits per heavy atom. The lowest BCUT2D eigenvalue weighted by molar-refractivity contribution is 1.06. The minimum absolute atomic E-state index is 0.673. The third-order valence-corrected chi connectivity index (χ3v) is 1.47. The first kappa shape index (κ1) is 9.45. The Hall–Kier alpha value is -1.64. The summed E-state index contributed by atoms with van der Waals surface area (Å²) in [5, 5.41) is 0. The van der Waals surface area contributed by atoms with Gasteiger partial charge in [0.25, 0.3) is 0 Å². The van der Waals surface area contributed by atoms with Crippen LogP contribution in [0.4, 0.5) is 0 Å². The smallest absolute Gasteiger partial charge is 0.0640 e. The second kappa shape index (κ2) is 5.09. The molecule has 1 heterocycles. The molecule has 13 heavy (non-hydrogen) atoms. The summed E-state index contributed by atoms with van der Waals surface area (Å²) in [5.74, 6) is 0. The molecule has 0 aliphatic carbocycles. The van der Waals surface area contributed by atoms with Crippen molar-refractivity contribution < 1.29 is 0 Å². The van der Waals surface area contributed by atoms with Gasteiger partial charge in [-0.2, -0.15) is 0 Å². The number of nitrogens with zero attached hydrogens (tertiary/aromatic N) is 2. The van der Waals surface area contributed by atoms with Crippen molar-refractivity contribution in [3.63, 3.8) is 0 Å². The van der Waals surface area contributed by atoms with Gasteiger partial charge in [0.05, 0.1) is 6.54 Å². The van der Waals surface area contributed by atoms with Gasteiger partial charge < -0.3 is 5.73 Å². The van der Waals surface area contributed by atoms with Gasteiger partial charge in [0, 0.05) is 24.3 Å². The Bertz CT molecular complexity index is 297. The van der Waals surface area contributed by atoms with E-state index in [4.69, 9.17) is 5.73 Å². The molecule has 1 aromatic rings. The normalized spacial score (nSPS) is 12.2. The van der Waals surface area contributed by atoms with Crippen LogP contribution in [0.15, 0.2) is 41.3 Å². The van der Waals surface area contributed by atoms with E-state index in [1.807, 2.05) is 19.1 Å². The van der Waals surface area contributed by atoms with Crippen molar-refractivity contribution in [1.82, 2.24) is 4.98 Å². The van der Waals surface area contributed by atoms with Gasteiger partial charge >= 0.3 is 0 Å². The molecular formula is C10H13N3. The van der Waals surface area contributed by atoms with Crippen LogP contribution in [-0.2, 0) is 6.54 Å². The first-order chi connectivity index (χ1) is 6.29. The van der Waals surface area contributed by atoms with Crippen LogP contribution in [0.25, 0.3) is 0 Å². The summed E-state index contributed by atoms with van der Waals surface area (Å²) in [6.45, 7) is 2.50. The predicted molar refractivity (Wildman–Crippen MR) is 54.4 cm³/mol. The number of hydrogen-bond donors (Lipinski definition) is 1. The van der Waals surface area contributed by atoms with E-state index in [2.05, 4.69) is 9.98 Å². The number of nitrogens with two attached hydrogens (primary N) is 1. The third kappa shape index (κ3) is 4.06. The number of aromatic nitrogens is 1. The van der Waals surface area contributed by atoms with Gasteiger partial charge in [0.2, 0.25) is 0 Å². The molecule has 0 fully saturated rings. The van der Waals surface area contributed by atoms with Crippen molar-refractivity contribution in [3.05, 3.63) is 41.9 Å². The topological polar surface area (TPSA) is 51.3 Å². The van der Waals surface area contributed by atoms with Crippen molar-refractivity contribution in [2.24, 2.45) is 10.7 Å². The highest BCUT2D eigenvalue weighted by Gasteiger charge is 1.85. The molecule has 0 aliphatic heterocycles. The maximum absolute atomic E-state index is 5.43. The van der Waals surface area contributed by atoms with E-state index in [-0.39, 0.29) is 0 Å². The van der Waals surface area contributed by atoms with Crippen LogP contribution < -0.4 is 5.73 Å². The maximum atomic E-state index is 5.43. The molecule has 0 aliphatic rings. The Kier molecular flexibility index (Phi) is 3.70. The Balaban J connectivity index is 2.44. The first-order valence-corrected chi connectivity index (χ1v) is 4.10. The highest BCUT2D eigenvalue weighted by molar-refractivity contribution is 5.71. The average molecular weight is 175 g/mol. The van der Waals surface area contributed by atoms with Crippen LogP contribution >= 0.6 is 0 Å². The Morgan fingerprint density at radius 1 is 1.54 bits per heavy atom. The second-order valence-corrected chi connectivity index (χ2v) is 2.76. The fraction of sp³-hybridized carbons (Fsp3) is 0.200. The van der Waals surface area contributed by atoms with Crippen LogP contribution in [0, 0.1) is 0 Å². The van der Waals surface area contributed by atoms with Gasteiger partial charge in [-0.3, -0.25) is 9.98 Å². The Morgan fingerprint density at radius 3 is 2.85 bits per heavy atom. The molecule has 0 spiro atoms. The predicted octanol–water partition coefficient (Wildman–Crippen LogP) is 1.51. The van der Waals surface area contributed by atoms with Crippen LogP contribution in [0.2, 0.25) is 0 Å². The van der Waals surface area contributed by atoms with Gasteiger partial charge in [0.1, 0.15) is 0 Å². The minimum Gasteiger partial charge on any atom is -0.402 e. The van der Waals surface area contributed by atoms with Crippen LogP contribution in [0.5, 0.6) is 0 Å². The third-order valence-electron chi connectivity index (χ3n) is 1.47. The Labute approximate surface area is 78.0 Å². The van der Waals surface area contributed by atoms with E-state index in [1.165, 1.54) is 0 Å². The van der Waals surface area contributed by atoms with Crippen LogP contribution in [0.3, 0.4) is 0 Å². The zero-order valence-corrected chi connectivity index (χ0v) is 7.64. The quantitative estimate of drug-likeness (QED) is 0.708. The number of aliphatic imine (C=N–C) groups is 1. The maximum Gasteiger partial charge on any atom is 0.0640 e. The van der Waals surface area contributed by atoms with Gasteiger partial charge in [0.15, 0.2) is 0 Å². The van der Waals surface area contributed by atoms with Crippen molar-refractivity contribution in [3.8, 4) is 0 Å². The van der Waals surface area contributed by atoms with Gasteiger partial charge in [-0.15, -0.1) is 0 Å². The van der Waals surface area contributed by atoms with Crippen LogP contribution in [0.1, 0.15) is 12.5 Å². The molecule has 1 aromatic heterocycles. The molecule has 0 atom stereocenters. The van der Waals surface area contributed by atoms with E-state index >= 15 is 0 Å². The minimum atomic E-state index is 0.673. The highest BCUT2D eigenvalue weighted by Crippen LogP contribution is 1.97. The molecule has 3 nitrogen and oxygen atoms in total. The summed E-state index contributed by atoms with van der Waals surface area (Å²) in [6.07, 6.45) is 7.01. The van der Waals surface area contributed by atoms with Crippen molar-refractivity contribution in [2.45, 2.75) is 13.5 Å². The zero-order chi connectivity index (χ0) is 9.52. The summed E-state index contributed by atoms with van der Waals surface area (Å²) in [5.41, 5.74) is 7.34. The SMILES string of the molecule is CC(N)=CC=NCc1ccncc1. The van der Waals surface area contributed by atoms with E-state index in [1.54, 1.807) is 24.7 Å². The van der Waals surface area contributed by atoms with E-state index in [0.717, 1.165) is 11.3 Å². The van der Waals surface area contributed by atoms with E-state index < -0.39 is 0 Å². The zero-order valence-electron chi connectivity index (χ0n) is 7.64. The monoisotopic (exact) mass is 175 g/mol. The molecule has 0 aromatic carbocycles. The van der Waals surface area contributed by atoms with E-state index in [9.17, 15) is 0 Å². The lowest BCUT2D eigenvalue weighted by Gasteiger charge is -1.92. The highest BCUT2D eigenvalue weighted by atomic mass is 14.7. The molecular weight excluding hydrogens is 162 g/mol. The lowest BCUT2D eigenvalue weighted by atomic mass is 10.3. The molecule has 0 amide bonds. The summed E-state index contributed by atoms with van der Waals surface area (Å²) >= 11 is 0. The molecule has 0 radical (unpaired) electrons. The molecule has 0 saturated carbocycles. The summed E-state index contributed by atoms with van der Waals surface area (Å²) in [4.78, 5) is 8.09. The molecule has 0 saturated heterocycles. The first-order valence-electron chi connectivity index (χ1n) is 4.10. The standard InChI is InChI=1S/C10H13N3/c1-9(11)2-5-13-8-10-3-6-12-7-4-10/h2-7H,8,11H2,1H3. The average Bonchev–Trinajstić information content (AvgIpc) is 2.14. The fourth-order valence-corrected chi connectivity index (χ4v) is 0.817. The van der Waals surface area contributed by atoms with Gasteiger partial charge in [-0.05, 0) is 30.7 Å². The lowest BCUT2D eigenvalue weighted by Crippen LogP contribution is -1.90. The molecule has 0 unspecified atom stereocenters. The van der Waals surface area contributed by atoms with Crippen molar-refractivity contribution in [2.75, 3.05) is 0 Å². The summed E-state index contributed by atoms with van der Waals surface area (Å²) in [6, 6.07) is 3.88. The molecule has 1 rings (SSSR count).